The summed E-state index contributed by atoms with van der Waals surface area (Å²) in [7, 11) is 3.86. The first kappa shape index (κ1) is 22.5. The van der Waals surface area contributed by atoms with Gasteiger partial charge in [0.1, 0.15) is 5.01 Å². The predicted molar refractivity (Wildman–Crippen MR) is 148 cm³/mol. The SMILES string of the molecule is CN=C([NH2+]C)c1cccc(-c2cc(-c3ccc(S)c(C)c3)cc(-c3nc4ccccc4s3)c2)c1. The lowest BCUT2D eigenvalue weighted by atomic mass is 9.94. The van der Waals surface area contributed by atoms with Gasteiger partial charge in [-0.2, -0.15) is 0 Å². The second kappa shape index (κ2) is 9.55. The number of aliphatic imine (C=N–C) groups is 1. The number of aryl methyl sites for hydroxylation is 1. The molecule has 0 aliphatic heterocycles. The molecule has 0 saturated carbocycles. The molecule has 1 heterocycles. The zero-order valence-electron chi connectivity index (χ0n) is 19.4. The van der Waals surface area contributed by atoms with E-state index in [-0.39, 0.29) is 0 Å². The molecule has 0 atom stereocenters. The summed E-state index contributed by atoms with van der Waals surface area (Å²) < 4.78 is 1.20. The predicted octanol–water partition coefficient (Wildman–Crippen LogP) is 6.46. The van der Waals surface area contributed by atoms with Crippen LogP contribution in [0.3, 0.4) is 0 Å². The van der Waals surface area contributed by atoms with Crippen LogP contribution < -0.4 is 5.32 Å². The lowest BCUT2D eigenvalue weighted by molar-refractivity contribution is -0.505. The van der Waals surface area contributed by atoms with Crippen LogP contribution in [0.25, 0.3) is 43.0 Å². The van der Waals surface area contributed by atoms with E-state index in [9.17, 15) is 0 Å². The number of nitrogens with zero attached hydrogens (tertiary/aromatic N) is 2. The normalized spacial score (nSPS) is 11.8. The van der Waals surface area contributed by atoms with Crippen molar-refractivity contribution in [3.63, 3.8) is 0 Å². The highest BCUT2D eigenvalue weighted by Gasteiger charge is 2.13. The van der Waals surface area contributed by atoms with Gasteiger partial charge in [-0.05, 0) is 83.3 Å². The molecule has 0 aliphatic rings. The summed E-state index contributed by atoms with van der Waals surface area (Å²) in [5.41, 5.74) is 9.10. The number of fused-ring (bicyclic) bond motifs is 1. The van der Waals surface area contributed by atoms with Gasteiger partial charge < -0.3 is 0 Å². The molecule has 0 radical (unpaired) electrons. The summed E-state index contributed by atoms with van der Waals surface area (Å²) in [6, 6.07) is 30.1. The molecule has 0 spiro atoms. The van der Waals surface area contributed by atoms with Gasteiger partial charge in [-0.3, -0.25) is 5.32 Å². The van der Waals surface area contributed by atoms with Crippen LogP contribution in [0.1, 0.15) is 11.1 Å². The summed E-state index contributed by atoms with van der Waals surface area (Å²) >= 11 is 6.30. The Balaban J connectivity index is 1.70. The smallest absolute Gasteiger partial charge is 0.226 e. The van der Waals surface area contributed by atoms with Crippen molar-refractivity contribution in [2.45, 2.75) is 11.8 Å². The summed E-state index contributed by atoms with van der Waals surface area (Å²) in [5.74, 6) is 0.990. The molecule has 5 heteroatoms. The Labute approximate surface area is 209 Å². The molecule has 0 amide bonds. The molecule has 0 aliphatic carbocycles. The van der Waals surface area contributed by atoms with Crippen LogP contribution in [0.15, 0.2) is 94.8 Å². The van der Waals surface area contributed by atoms with Crippen molar-refractivity contribution in [2.24, 2.45) is 4.99 Å². The molecule has 168 valence electrons. The van der Waals surface area contributed by atoms with Crippen LogP contribution in [0.4, 0.5) is 0 Å². The monoisotopic (exact) mass is 480 g/mol. The maximum Gasteiger partial charge on any atom is 0.226 e. The van der Waals surface area contributed by atoms with Gasteiger partial charge in [0.25, 0.3) is 0 Å². The van der Waals surface area contributed by atoms with Gasteiger partial charge in [0, 0.05) is 17.5 Å². The number of hydrogen-bond acceptors (Lipinski definition) is 4. The van der Waals surface area contributed by atoms with E-state index < -0.39 is 0 Å². The number of amidine groups is 1. The van der Waals surface area contributed by atoms with E-state index in [0.717, 1.165) is 49.1 Å². The summed E-state index contributed by atoms with van der Waals surface area (Å²) in [5, 5.41) is 3.07. The third-order valence-electron chi connectivity index (χ3n) is 6.01. The lowest BCUT2D eigenvalue weighted by Gasteiger charge is -2.12. The van der Waals surface area contributed by atoms with Gasteiger partial charge in [-0.15, -0.1) is 24.0 Å². The van der Waals surface area contributed by atoms with Crippen LogP contribution in [-0.2, 0) is 0 Å². The first-order chi connectivity index (χ1) is 16.6. The van der Waals surface area contributed by atoms with Crippen LogP contribution in [-0.4, -0.2) is 24.9 Å². The quantitative estimate of drug-likeness (QED) is 0.173. The van der Waals surface area contributed by atoms with Crippen molar-refractivity contribution in [1.29, 1.82) is 0 Å². The van der Waals surface area contributed by atoms with Crippen molar-refractivity contribution in [1.82, 2.24) is 4.98 Å². The molecular weight excluding hydrogens is 454 g/mol. The third kappa shape index (κ3) is 4.42. The molecule has 5 aromatic rings. The number of thiol groups is 1. The van der Waals surface area contributed by atoms with E-state index in [0.29, 0.717) is 0 Å². The van der Waals surface area contributed by atoms with Crippen molar-refractivity contribution < 1.29 is 5.32 Å². The zero-order chi connectivity index (χ0) is 23.7. The average molecular weight is 481 g/mol. The highest BCUT2D eigenvalue weighted by Crippen LogP contribution is 2.37. The van der Waals surface area contributed by atoms with Crippen molar-refractivity contribution in [2.75, 3.05) is 14.1 Å². The Morgan fingerprint density at radius 3 is 2.26 bits per heavy atom. The molecule has 0 unspecified atom stereocenters. The minimum absolute atomic E-state index is 0.990. The molecule has 5 rings (SSSR count). The Bertz CT molecular complexity index is 1500. The largest absolute Gasteiger partial charge is 0.300 e. The molecule has 0 saturated heterocycles. The minimum Gasteiger partial charge on any atom is -0.300 e. The highest BCUT2D eigenvalue weighted by atomic mass is 32.1. The number of quaternary nitrogens is 1. The van der Waals surface area contributed by atoms with E-state index in [1.54, 1.807) is 11.3 Å². The molecule has 1 aromatic heterocycles. The average Bonchev–Trinajstić information content (AvgIpc) is 3.31. The molecular formula is C29H26N3S2+. The number of thiazole rings is 1. The van der Waals surface area contributed by atoms with E-state index in [2.05, 4.69) is 103 Å². The van der Waals surface area contributed by atoms with Crippen LogP contribution in [0.5, 0.6) is 0 Å². The first-order valence-electron chi connectivity index (χ1n) is 11.2. The van der Waals surface area contributed by atoms with Gasteiger partial charge in [-0.1, -0.05) is 36.4 Å². The Morgan fingerprint density at radius 1 is 0.824 bits per heavy atom. The number of benzene rings is 4. The molecule has 0 bridgehead atoms. The third-order valence-corrected chi connectivity index (χ3v) is 7.60. The molecule has 34 heavy (non-hydrogen) atoms. The number of nitrogens with two attached hydrogens (primary N) is 1. The Morgan fingerprint density at radius 2 is 1.56 bits per heavy atom. The second-order valence-corrected chi connectivity index (χ2v) is 9.78. The van der Waals surface area contributed by atoms with Crippen LogP contribution >= 0.6 is 24.0 Å². The zero-order valence-corrected chi connectivity index (χ0v) is 21.1. The van der Waals surface area contributed by atoms with Crippen LogP contribution in [0.2, 0.25) is 0 Å². The van der Waals surface area contributed by atoms with E-state index in [4.69, 9.17) is 4.98 Å². The molecule has 2 N–H and O–H groups in total. The second-order valence-electron chi connectivity index (χ2n) is 8.27. The molecule has 0 fully saturated rings. The number of rotatable bonds is 4. The van der Waals surface area contributed by atoms with E-state index in [1.165, 1.54) is 15.8 Å². The Hall–Kier alpha value is -3.25. The number of aromatic nitrogens is 1. The summed E-state index contributed by atoms with van der Waals surface area (Å²) in [6.07, 6.45) is 0. The minimum atomic E-state index is 0.990. The van der Waals surface area contributed by atoms with Crippen molar-refractivity contribution in [3.8, 4) is 32.8 Å². The number of hydrogen-bond donors (Lipinski definition) is 2. The van der Waals surface area contributed by atoms with E-state index in [1.807, 2.05) is 25.5 Å². The van der Waals surface area contributed by atoms with Gasteiger partial charge in [0.05, 0.1) is 22.8 Å². The van der Waals surface area contributed by atoms with Gasteiger partial charge >= 0.3 is 0 Å². The van der Waals surface area contributed by atoms with E-state index >= 15 is 0 Å². The highest BCUT2D eigenvalue weighted by molar-refractivity contribution is 7.80. The fraction of sp³-hybridized carbons (Fsp3) is 0.103. The standard InChI is InChI=1S/C29H25N3S2/c1-18-13-20(11-12-26(18)33)23-15-22(19-7-6-8-21(14-19)28(30-2)31-3)16-24(17-23)29-32-25-9-4-5-10-27(25)34-29/h4-17,33H,1-3H3,(H,30,31)/p+1. The summed E-state index contributed by atoms with van der Waals surface area (Å²) in [6.45, 7) is 2.10. The molecule has 3 nitrogen and oxygen atoms in total. The summed E-state index contributed by atoms with van der Waals surface area (Å²) in [4.78, 5) is 10.4. The van der Waals surface area contributed by atoms with Gasteiger partial charge in [0.2, 0.25) is 5.84 Å². The van der Waals surface area contributed by atoms with Crippen molar-refractivity contribution in [3.05, 3.63) is 96.1 Å². The lowest BCUT2D eigenvalue weighted by Crippen LogP contribution is -2.84. The first-order valence-corrected chi connectivity index (χ1v) is 12.5. The Kier molecular flexibility index (Phi) is 6.33. The van der Waals surface area contributed by atoms with Crippen molar-refractivity contribution >= 4 is 40.0 Å². The fourth-order valence-corrected chi connectivity index (χ4v) is 5.29. The fourth-order valence-electron chi connectivity index (χ4n) is 4.20. The van der Waals surface area contributed by atoms with Crippen LogP contribution in [0, 0.1) is 6.92 Å². The van der Waals surface area contributed by atoms with Gasteiger partial charge in [-0.25, -0.2) is 9.98 Å². The maximum atomic E-state index is 4.94. The van der Waals surface area contributed by atoms with Gasteiger partial charge in [0.15, 0.2) is 0 Å². The topological polar surface area (TPSA) is 41.9 Å². The maximum absolute atomic E-state index is 4.94. The molecule has 4 aromatic carbocycles. The number of para-hydroxylation sites is 1.